The summed E-state index contributed by atoms with van der Waals surface area (Å²) in [6.45, 7) is 0. The van der Waals surface area contributed by atoms with Gasteiger partial charge in [0, 0.05) is 18.1 Å². The van der Waals surface area contributed by atoms with Crippen LogP contribution in [-0.4, -0.2) is 11.9 Å². The lowest BCUT2D eigenvalue weighted by Crippen LogP contribution is -2.15. The van der Waals surface area contributed by atoms with Gasteiger partial charge in [0.1, 0.15) is 5.76 Å². The highest BCUT2D eigenvalue weighted by Crippen LogP contribution is 2.27. The van der Waals surface area contributed by atoms with Gasteiger partial charge in [-0.2, -0.15) is 5.26 Å². The molecule has 4 nitrogen and oxygen atoms in total. The molecule has 0 amide bonds. The standard InChI is InChI=1S/C13H15N3O/c14-8-7-10(12-5-3-9-17-12)11-4-1-2-6-13(15)16-11/h3,5,7,9,11H,1-2,4,6H2,(H2,15,16)/b10-7-. The predicted molar refractivity (Wildman–Crippen MR) is 66.2 cm³/mol. The van der Waals surface area contributed by atoms with Crippen molar-refractivity contribution in [1.82, 2.24) is 0 Å². The number of amidine groups is 1. The normalized spacial score (nSPS) is 21.5. The van der Waals surface area contributed by atoms with Gasteiger partial charge in [-0.3, -0.25) is 4.99 Å². The molecule has 17 heavy (non-hydrogen) atoms. The number of nitrogens with zero attached hydrogens (tertiary/aromatic N) is 2. The lowest BCUT2D eigenvalue weighted by atomic mass is 10.00. The number of furan rings is 1. The van der Waals surface area contributed by atoms with E-state index in [0.717, 1.165) is 31.3 Å². The SMILES string of the molecule is N#C/C=C(\c1ccco1)C1CCCCC(N)=N1. The first kappa shape index (κ1) is 11.5. The number of rotatable bonds is 2. The van der Waals surface area contributed by atoms with Crippen molar-refractivity contribution < 1.29 is 4.42 Å². The minimum absolute atomic E-state index is 0.0525. The molecule has 0 spiro atoms. The molecule has 0 bridgehead atoms. The number of aliphatic imine (C=N–C) groups is 1. The second-order valence-electron chi connectivity index (χ2n) is 4.09. The van der Waals surface area contributed by atoms with E-state index in [1.165, 1.54) is 6.08 Å². The maximum atomic E-state index is 8.85. The molecule has 1 unspecified atom stereocenters. The average molecular weight is 229 g/mol. The van der Waals surface area contributed by atoms with E-state index in [1.54, 1.807) is 6.26 Å². The topological polar surface area (TPSA) is 75.3 Å². The Morgan fingerprint density at radius 3 is 3.18 bits per heavy atom. The smallest absolute Gasteiger partial charge is 0.132 e. The molecule has 0 aliphatic carbocycles. The molecule has 1 aliphatic heterocycles. The first-order valence-corrected chi connectivity index (χ1v) is 5.77. The van der Waals surface area contributed by atoms with E-state index in [2.05, 4.69) is 11.1 Å². The molecule has 1 aliphatic rings. The fraction of sp³-hybridized carbons (Fsp3) is 0.385. The van der Waals surface area contributed by atoms with Crippen molar-refractivity contribution in [2.45, 2.75) is 31.7 Å². The van der Waals surface area contributed by atoms with Gasteiger partial charge in [0.05, 0.1) is 24.2 Å². The minimum atomic E-state index is -0.0525. The number of allylic oxidation sites excluding steroid dienone is 1. The van der Waals surface area contributed by atoms with Crippen LogP contribution in [0.4, 0.5) is 0 Å². The third kappa shape index (κ3) is 2.76. The summed E-state index contributed by atoms with van der Waals surface area (Å²) in [5.74, 6) is 1.37. The molecule has 0 saturated carbocycles. The van der Waals surface area contributed by atoms with Crippen LogP contribution in [-0.2, 0) is 0 Å². The molecular weight excluding hydrogens is 214 g/mol. The van der Waals surface area contributed by atoms with Crippen molar-refractivity contribution in [2.24, 2.45) is 10.7 Å². The average Bonchev–Trinajstić information content (AvgIpc) is 2.75. The van der Waals surface area contributed by atoms with E-state index in [0.29, 0.717) is 11.6 Å². The summed E-state index contributed by atoms with van der Waals surface area (Å²) in [6.07, 6.45) is 6.99. The van der Waals surface area contributed by atoms with Gasteiger partial charge >= 0.3 is 0 Å². The van der Waals surface area contributed by atoms with E-state index in [-0.39, 0.29) is 6.04 Å². The summed E-state index contributed by atoms with van der Waals surface area (Å²) in [5, 5.41) is 8.85. The van der Waals surface area contributed by atoms with Crippen LogP contribution in [0.2, 0.25) is 0 Å². The van der Waals surface area contributed by atoms with Gasteiger partial charge in [-0.25, -0.2) is 0 Å². The van der Waals surface area contributed by atoms with Gasteiger partial charge in [0.15, 0.2) is 0 Å². The Kier molecular flexibility index (Phi) is 3.61. The van der Waals surface area contributed by atoms with E-state index in [1.807, 2.05) is 12.1 Å². The van der Waals surface area contributed by atoms with Crippen LogP contribution in [0.3, 0.4) is 0 Å². The van der Waals surface area contributed by atoms with Gasteiger partial charge in [-0.05, 0) is 25.0 Å². The van der Waals surface area contributed by atoms with E-state index >= 15 is 0 Å². The minimum Gasteiger partial charge on any atom is -0.465 e. The zero-order chi connectivity index (χ0) is 12.1. The zero-order valence-electron chi connectivity index (χ0n) is 9.60. The third-order valence-electron chi connectivity index (χ3n) is 2.87. The van der Waals surface area contributed by atoms with Crippen LogP contribution in [0, 0.1) is 11.3 Å². The zero-order valence-corrected chi connectivity index (χ0v) is 9.60. The second-order valence-corrected chi connectivity index (χ2v) is 4.09. The lowest BCUT2D eigenvalue weighted by molar-refractivity contribution is 0.543. The molecule has 0 radical (unpaired) electrons. The Morgan fingerprint density at radius 1 is 1.59 bits per heavy atom. The molecule has 0 saturated heterocycles. The number of hydrogen-bond donors (Lipinski definition) is 1. The van der Waals surface area contributed by atoms with E-state index in [9.17, 15) is 0 Å². The molecular formula is C13H15N3O. The molecule has 2 N–H and O–H groups in total. The largest absolute Gasteiger partial charge is 0.465 e. The molecule has 2 heterocycles. The predicted octanol–water partition coefficient (Wildman–Crippen LogP) is 2.49. The summed E-state index contributed by atoms with van der Waals surface area (Å²) in [6, 6.07) is 5.66. The van der Waals surface area contributed by atoms with Crippen molar-refractivity contribution in [1.29, 1.82) is 5.26 Å². The second kappa shape index (κ2) is 5.35. The molecule has 1 atom stereocenters. The molecule has 2 rings (SSSR count). The Morgan fingerprint density at radius 2 is 2.47 bits per heavy atom. The van der Waals surface area contributed by atoms with Gasteiger partial charge in [-0.1, -0.05) is 6.42 Å². The fourth-order valence-electron chi connectivity index (χ4n) is 2.04. The molecule has 1 aromatic heterocycles. The Balaban J connectivity index is 2.31. The van der Waals surface area contributed by atoms with Crippen molar-refractivity contribution in [3.63, 3.8) is 0 Å². The first-order chi connectivity index (χ1) is 8.31. The highest BCUT2D eigenvalue weighted by Gasteiger charge is 2.19. The number of nitriles is 1. The maximum absolute atomic E-state index is 8.85. The van der Waals surface area contributed by atoms with Crippen LogP contribution in [0.1, 0.15) is 31.4 Å². The van der Waals surface area contributed by atoms with Crippen LogP contribution in [0.15, 0.2) is 33.9 Å². The van der Waals surface area contributed by atoms with Crippen LogP contribution < -0.4 is 5.73 Å². The molecule has 1 aromatic rings. The van der Waals surface area contributed by atoms with Crippen molar-refractivity contribution >= 4 is 11.4 Å². The van der Waals surface area contributed by atoms with Gasteiger partial charge in [-0.15, -0.1) is 0 Å². The quantitative estimate of drug-likeness (QED) is 0.791. The molecule has 0 aromatic carbocycles. The van der Waals surface area contributed by atoms with Crippen molar-refractivity contribution in [2.75, 3.05) is 0 Å². The van der Waals surface area contributed by atoms with Crippen molar-refractivity contribution in [3.8, 4) is 6.07 Å². The van der Waals surface area contributed by atoms with Crippen molar-refractivity contribution in [3.05, 3.63) is 30.2 Å². The van der Waals surface area contributed by atoms with Gasteiger partial charge < -0.3 is 10.2 Å². The summed E-state index contributed by atoms with van der Waals surface area (Å²) < 4.78 is 5.35. The molecule has 88 valence electrons. The van der Waals surface area contributed by atoms with E-state index < -0.39 is 0 Å². The third-order valence-corrected chi connectivity index (χ3v) is 2.87. The monoisotopic (exact) mass is 229 g/mol. The molecule has 0 fully saturated rings. The lowest BCUT2D eigenvalue weighted by Gasteiger charge is -2.12. The van der Waals surface area contributed by atoms with Crippen LogP contribution >= 0.6 is 0 Å². The van der Waals surface area contributed by atoms with Crippen LogP contribution in [0.25, 0.3) is 5.57 Å². The molecule has 4 heteroatoms. The first-order valence-electron chi connectivity index (χ1n) is 5.77. The van der Waals surface area contributed by atoms with Gasteiger partial charge in [0.25, 0.3) is 0 Å². The van der Waals surface area contributed by atoms with Crippen LogP contribution in [0.5, 0.6) is 0 Å². The Bertz CT molecular complexity index is 465. The Hall–Kier alpha value is -2.02. The highest BCUT2D eigenvalue weighted by atomic mass is 16.3. The number of hydrogen-bond acceptors (Lipinski definition) is 4. The Labute approximate surface area is 100 Å². The summed E-state index contributed by atoms with van der Waals surface area (Å²) in [7, 11) is 0. The summed E-state index contributed by atoms with van der Waals surface area (Å²) in [4.78, 5) is 4.47. The summed E-state index contributed by atoms with van der Waals surface area (Å²) in [5.41, 5.74) is 6.64. The maximum Gasteiger partial charge on any atom is 0.132 e. The highest BCUT2D eigenvalue weighted by molar-refractivity contribution is 5.82. The number of nitrogens with two attached hydrogens (primary N) is 1. The van der Waals surface area contributed by atoms with Gasteiger partial charge in [0.2, 0.25) is 0 Å². The summed E-state index contributed by atoms with van der Waals surface area (Å²) >= 11 is 0. The fourth-order valence-corrected chi connectivity index (χ4v) is 2.04. The van der Waals surface area contributed by atoms with E-state index in [4.69, 9.17) is 15.4 Å².